The number of thiazole rings is 1. The average molecular weight is 533 g/mol. The summed E-state index contributed by atoms with van der Waals surface area (Å²) < 4.78 is 19.1. The Hall–Kier alpha value is -1.62. The van der Waals surface area contributed by atoms with Crippen LogP contribution in [0.3, 0.4) is 0 Å². The van der Waals surface area contributed by atoms with Crippen molar-refractivity contribution in [3.63, 3.8) is 0 Å². The van der Waals surface area contributed by atoms with Gasteiger partial charge in [-0.3, -0.25) is 4.99 Å². The lowest BCUT2D eigenvalue weighted by atomic mass is 10.3. The van der Waals surface area contributed by atoms with E-state index < -0.39 is 0 Å². The highest BCUT2D eigenvalue weighted by Crippen LogP contribution is 2.24. The summed E-state index contributed by atoms with van der Waals surface area (Å²) in [5.41, 5.74) is 1.11. The highest BCUT2D eigenvalue weighted by atomic mass is 127. The molecule has 1 aliphatic heterocycles. The highest BCUT2D eigenvalue weighted by Gasteiger charge is 2.15. The molecule has 0 aliphatic carbocycles. The van der Waals surface area contributed by atoms with Crippen molar-refractivity contribution in [2.75, 3.05) is 51.8 Å². The Morgan fingerprint density at radius 2 is 2.10 bits per heavy atom. The number of aliphatic imine (C=N–C) groups is 1. The fourth-order valence-electron chi connectivity index (χ4n) is 3.11. The first-order valence-corrected chi connectivity index (χ1v) is 10.5. The van der Waals surface area contributed by atoms with Crippen molar-refractivity contribution >= 4 is 46.4 Å². The summed E-state index contributed by atoms with van der Waals surface area (Å²) >= 11 is 1.73. The molecule has 0 atom stereocenters. The number of hydrogen-bond acceptors (Lipinski definition) is 5. The van der Waals surface area contributed by atoms with Gasteiger partial charge in [0.1, 0.15) is 6.61 Å². The summed E-state index contributed by atoms with van der Waals surface area (Å²) in [5.74, 6) is 0.715. The molecule has 1 N–H and O–H groups in total. The number of anilines is 1. The SMILES string of the molecule is CN=C(NCCc1csc(N2CCCC2)n1)N(C)CCOc1ccccc1F.I. The zero-order chi connectivity index (χ0) is 19.8. The number of halogens is 2. The fraction of sp³-hybridized carbons (Fsp3) is 0.500. The van der Waals surface area contributed by atoms with E-state index in [2.05, 4.69) is 20.6 Å². The van der Waals surface area contributed by atoms with Crippen molar-refractivity contribution in [2.24, 2.45) is 4.99 Å². The molecule has 2 heterocycles. The lowest BCUT2D eigenvalue weighted by molar-refractivity contribution is 0.270. The Kier molecular flexibility index (Phi) is 9.92. The van der Waals surface area contributed by atoms with E-state index in [1.165, 1.54) is 18.9 Å². The van der Waals surface area contributed by atoms with Gasteiger partial charge in [0, 0.05) is 45.5 Å². The van der Waals surface area contributed by atoms with Gasteiger partial charge in [-0.1, -0.05) is 12.1 Å². The zero-order valence-electron chi connectivity index (χ0n) is 16.9. The maximum atomic E-state index is 13.6. The molecule has 1 fully saturated rings. The first-order chi connectivity index (χ1) is 13.7. The predicted octanol–water partition coefficient (Wildman–Crippen LogP) is 3.63. The van der Waals surface area contributed by atoms with Crippen molar-refractivity contribution in [3.05, 3.63) is 41.2 Å². The number of rotatable bonds is 8. The quantitative estimate of drug-likeness (QED) is 0.319. The van der Waals surface area contributed by atoms with Crippen LogP contribution in [0.5, 0.6) is 5.75 Å². The molecule has 0 bridgehead atoms. The number of likely N-dealkylation sites (N-methyl/N-ethyl adjacent to an activating group) is 1. The van der Waals surface area contributed by atoms with E-state index in [9.17, 15) is 4.39 Å². The molecule has 29 heavy (non-hydrogen) atoms. The number of para-hydroxylation sites is 1. The smallest absolute Gasteiger partial charge is 0.193 e. The van der Waals surface area contributed by atoms with Crippen LogP contribution in [-0.4, -0.2) is 62.7 Å². The standard InChI is InChI=1S/C20H28FN5OS.HI/c1-22-19(25(2)13-14-27-18-8-4-3-7-17(18)21)23-10-9-16-15-28-20(24-16)26-11-5-6-12-26;/h3-4,7-8,15H,5-6,9-14H2,1-2H3,(H,22,23);1H. The normalized spacial score (nSPS) is 13.9. The molecule has 0 spiro atoms. The van der Waals surface area contributed by atoms with Crippen LogP contribution in [0.4, 0.5) is 9.52 Å². The van der Waals surface area contributed by atoms with Crippen LogP contribution in [0, 0.1) is 5.82 Å². The summed E-state index contributed by atoms with van der Waals surface area (Å²) in [7, 11) is 3.69. The monoisotopic (exact) mass is 533 g/mol. The predicted molar refractivity (Wildman–Crippen MR) is 129 cm³/mol. The van der Waals surface area contributed by atoms with Crippen LogP contribution in [0.1, 0.15) is 18.5 Å². The topological polar surface area (TPSA) is 53.0 Å². The lowest BCUT2D eigenvalue weighted by Gasteiger charge is -2.22. The Morgan fingerprint density at radius 3 is 2.83 bits per heavy atom. The van der Waals surface area contributed by atoms with Gasteiger partial charge in [-0.05, 0) is 25.0 Å². The largest absolute Gasteiger partial charge is 0.489 e. The van der Waals surface area contributed by atoms with Gasteiger partial charge in [-0.25, -0.2) is 9.37 Å². The van der Waals surface area contributed by atoms with Crippen molar-refractivity contribution in [1.82, 2.24) is 15.2 Å². The van der Waals surface area contributed by atoms with Crippen LogP contribution in [-0.2, 0) is 6.42 Å². The molecule has 2 aromatic rings. The Morgan fingerprint density at radius 1 is 1.34 bits per heavy atom. The summed E-state index contributed by atoms with van der Waals surface area (Å²) in [6, 6.07) is 6.44. The molecule has 0 saturated carbocycles. The van der Waals surface area contributed by atoms with Crippen molar-refractivity contribution in [1.29, 1.82) is 0 Å². The van der Waals surface area contributed by atoms with E-state index in [0.717, 1.165) is 42.8 Å². The van der Waals surface area contributed by atoms with Crippen LogP contribution >= 0.6 is 35.3 Å². The first-order valence-electron chi connectivity index (χ1n) is 9.66. The van der Waals surface area contributed by atoms with Crippen LogP contribution in [0.15, 0.2) is 34.6 Å². The number of nitrogens with zero attached hydrogens (tertiary/aromatic N) is 4. The molecule has 1 saturated heterocycles. The Balaban J connectivity index is 0.00000300. The third-order valence-corrected chi connectivity index (χ3v) is 5.62. The van der Waals surface area contributed by atoms with E-state index in [-0.39, 0.29) is 35.5 Å². The molecule has 6 nitrogen and oxygen atoms in total. The minimum atomic E-state index is -0.343. The van der Waals surface area contributed by atoms with Gasteiger partial charge in [0.25, 0.3) is 0 Å². The highest BCUT2D eigenvalue weighted by molar-refractivity contribution is 14.0. The average Bonchev–Trinajstić information content (AvgIpc) is 3.38. The molecule has 1 aliphatic rings. The molecule has 0 unspecified atom stereocenters. The van der Waals surface area contributed by atoms with Gasteiger partial charge in [-0.15, -0.1) is 35.3 Å². The van der Waals surface area contributed by atoms with Crippen molar-refractivity contribution in [2.45, 2.75) is 19.3 Å². The maximum absolute atomic E-state index is 13.6. The van der Waals surface area contributed by atoms with E-state index in [1.807, 2.05) is 11.9 Å². The fourth-order valence-corrected chi connectivity index (χ4v) is 4.03. The molecule has 1 aromatic carbocycles. The number of hydrogen-bond donors (Lipinski definition) is 1. The van der Waals surface area contributed by atoms with E-state index in [0.29, 0.717) is 13.2 Å². The maximum Gasteiger partial charge on any atom is 0.193 e. The second-order valence-electron chi connectivity index (χ2n) is 6.74. The third-order valence-electron chi connectivity index (χ3n) is 4.67. The van der Waals surface area contributed by atoms with Crippen molar-refractivity contribution in [3.8, 4) is 5.75 Å². The zero-order valence-corrected chi connectivity index (χ0v) is 20.1. The second kappa shape index (κ2) is 12.2. The van der Waals surface area contributed by atoms with Crippen LogP contribution < -0.4 is 15.0 Å². The molecular formula is C20H29FIN5OS. The number of guanidine groups is 1. The lowest BCUT2D eigenvalue weighted by Crippen LogP contribution is -2.41. The Labute approximate surface area is 193 Å². The Bertz CT molecular complexity index is 782. The summed E-state index contributed by atoms with van der Waals surface area (Å²) in [5, 5.41) is 6.63. The molecule has 160 valence electrons. The summed E-state index contributed by atoms with van der Waals surface area (Å²) in [6.45, 7) is 3.98. The molecule has 3 rings (SSSR count). The van der Waals surface area contributed by atoms with Crippen LogP contribution in [0.25, 0.3) is 0 Å². The first kappa shape index (κ1) is 23.7. The van der Waals surface area contributed by atoms with Gasteiger partial charge < -0.3 is 19.9 Å². The number of ether oxygens (including phenoxy) is 1. The molecule has 1 aromatic heterocycles. The number of benzene rings is 1. The van der Waals surface area contributed by atoms with Gasteiger partial charge in [0.15, 0.2) is 22.7 Å². The number of nitrogens with one attached hydrogen (secondary N) is 1. The van der Waals surface area contributed by atoms with E-state index in [4.69, 9.17) is 9.72 Å². The molecule has 0 radical (unpaired) electrons. The minimum Gasteiger partial charge on any atom is -0.489 e. The van der Waals surface area contributed by atoms with E-state index in [1.54, 1.807) is 36.6 Å². The van der Waals surface area contributed by atoms with Crippen LogP contribution in [0.2, 0.25) is 0 Å². The van der Waals surface area contributed by atoms with Gasteiger partial charge in [-0.2, -0.15) is 0 Å². The summed E-state index contributed by atoms with van der Waals surface area (Å²) in [4.78, 5) is 13.4. The van der Waals surface area contributed by atoms with Gasteiger partial charge >= 0.3 is 0 Å². The number of aromatic nitrogens is 1. The van der Waals surface area contributed by atoms with Crippen molar-refractivity contribution < 1.29 is 9.13 Å². The molecule has 0 amide bonds. The summed E-state index contributed by atoms with van der Waals surface area (Å²) in [6.07, 6.45) is 3.38. The molecule has 9 heteroatoms. The minimum absolute atomic E-state index is 0. The second-order valence-corrected chi connectivity index (χ2v) is 7.58. The molecular weight excluding hydrogens is 504 g/mol. The van der Waals surface area contributed by atoms with Gasteiger partial charge in [0.2, 0.25) is 0 Å². The van der Waals surface area contributed by atoms with E-state index >= 15 is 0 Å². The van der Waals surface area contributed by atoms with Gasteiger partial charge in [0.05, 0.1) is 12.2 Å². The third kappa shape index (κ3) is 6.98.